The summed E-state index contributed by atoms with van der Waals surface area (Å²) in [6.07, 6.45) is -9.05. The fourth-order valence-corrected chi connectivity index (χ4v) is 8.04. The van der Waals surface area contributed by atoms with Crippen molar-refractivity contribution in [3.63, 3.8) is 0 Å². The molecule has 7 atom stereocenters. The highest BCUT2D eigenvalue weighted by atomic mass is 32.2. The second kappa shape index (κ2) is 20.1. The molecule has 3 rings (SSSR count). The number of fused-ring (bicyclic) bond motifs is 1. The van der Waals surface area contributed by atoms with Crippen molar-refractivity contribution in [3.8, 4) is 0 Å². The molecule has 1 aliphatic heterocycles. The quantitative estimate of drug-likeness (QED) is 0.0394. The van der Waals surface area contributed by atoms with Crippen LogP contribution in [0.3, 0.4) is 0 Å². The Balaban J connectivity index is 1.47. The van der Waals surface area contributed by atoms with E-state index in [1.807, 2.05) is 0 Å². The number of carboxylic acid groups (broad SMARTS) is 1. The lowest BCUT2D eigenvalue weighted by atomic mass is 9.87. The number of anilines is 1. The van der Waals surface area contributed by atoms with Crippen LogP contribution in [0.1, 0.15) is 39.3 Å². The van der Waals surface area contributed by atoms with Gasteiger partial charge in [-0.25, -0.2) is 19.3 Å². The number of aliphatic hydroxyl groups excluding tert-OH is 2. The summed E-state index contributed by atoms with van der Waals surface area (Å²) in [5, 5.41) is 35.3. The summed E-state index contributed by atoms with van der Waals surface area (Å²) in [6, 6.07) is 0. The number of phosphoric acid groups is 3. The van der Waals surface area contributed by atoms with Crippen molar-refractivity contribution in [2.45, 2.75) is 63.8 Å². The highest BCUT2D eigenvalue weighted by Gasteiger charge is 2.47. The normalized spacial score (nSPS) is 21.3. The Bertz CT molecular complexity index is 1950. The van der Waals surface area contributed by atoms with Gasteiger partial charge in [-0.05, 0) is 6.42 Å². The Morgan fingerprint density at radius 1 is 1.02 bits per heavy atom. The van der Waals surface area contributed by atoms with Crippen LogP contribution in [-0.4, -0.2) is 115 Å². The van der Waals surface area contributed by atoms with Crippen LogP contribution in [0.5, 0.6) is 0 Å². The molecule has 2 aromatic heterocycles. The summed E-state index contributed by atoms with van der Waals surface area (Å²) in [5.74, 6) is -4.24. The SMILES string of the molecule is CC(C)(COP(=O)([O-])OP(=O)([O-])OC[C@H]1O[C@@H](n2cnc3c(N)ncnc32)[C@H](O)[C@@H]1OP(=O)([O-])[O-])C(O)C(=O)NCCC(=O)NCCSC(=O)C(=O)CCC(=O)[O-]. The van der Waals surface area contributed by atoms with Crippen LogP contribution in [0.4, 0.5) is 5.82 Å². The minimum atomic E-state index is -5.95. The number of phosphoric ester groups is 3. The minimum Gasteiger partial charge on any atom is -0.790 e. The summed E-state index contributed by atoms with van der Waals surface area (Å²) in [7, 11) is -17.7. The molecule has 0 bridgehead atoms. The molecular weight excluding hydrogens is 855 g/mol. The molecule has 0 spiro atoms. The lowest BCUT2D eigenvalue weighted by Gasteiger charge is -2.36. The second-order valence-electron chi connectivity index (χ2n) is 12.4. The monoisotopic (exact) mass is 890 g/mol. The predicted octanol–water partition coefficient (Wildman–Crippen LogP) is -5.76. The molecule has 0 saturated carbocycles. The number of aliphatic carboxylic acids is 1. The second-order valence-corrected chi connectivity index (χ2v) is 17.5. The Hall–Kier alpha value is -3.30. The molecule has 2 amide bonds. The molecule has 0 aromatic carbocycles. The first-order valence-electron chi connectivity index (χ1n) is 16.0. The van der Waals surface area contributed by atoms with Crippen molar-refractivity contribution in [3.05, 3.63) is 12.7 Å². The molecule has 3 unspecified atom stereocenters. The summed E-state index contributed by atoms with van der Waals surface area (Å²) in [4.78, 5) is 117. The van der Waals surface area contributed by atoms with Crippen LogP contribution in [0.2, 0.25) is 0 Å². The molecule has 1 aliphatic rings. The van der Waals surface area contributed by atoms with Gasteiger partial charge < -0.3 is 78.9 Å². The van der Waals surface area contributed by atoms with Crippen LogP contribution < -0.4 is 41.0 Å². The molecule has 27 nitrogen and oxygen atoms in total. The van der Waals surface area contributed by atoms with E-state index >= 15 is 0 Å². The Labute approximate surface area is 325 Å². The van der Waals surface area contributed by atoms with Gasteiger partial charge in [-0.15, -0.1) is 0 Å². The molecule has 6 N–H and O–H groups in total. The number of nitrogens with two attached hydrogens (primary N) is 1. The lowest BCUT2D eigenvalue weighted by Crippen LogP contribution is -2.46. The third-order valence-electron chi connectivity index (χ3n) is 7.49. The van der Waals surface area contributed by atoms with Crippen LogP contribution in [0, 0.1) is 5.41 Å². The lowest BCUT2D eigenvalue weighted by molar-refractivity contribution is -0.347. The molecule has 0 radical (unpaired) electrons. The number of rotatable bonds is 23. The van der Waals surface area contributed by atoms with Gasteiger partial charge in [0.15, 0.2) is 17.7 Å². The van der Waals surface area contributed by atoms with Crippen LogP contribution >= 0.6 is 35.2 Å². The molecular formula is C26H35N7O20P3S-5. The summed E-state index contributed by atoms with van der Waals surface area (Å²) in [5.41, 5.74) is 3.96. The number of amides is 2. The highest BCUT2D eigenvalue weighted by molar-refractivity contribution is 8.15. The summed E-state index contributed by atoms with van der Waals surface area (Å²) >= 11 is 0.555. The van der Waals surface area contributed by atoms with E-state index in [-0.39, 0.29) is 42.2 Å². The van der Waals surface area contributed by atoms with E-state index in [0.717, 1.165) is 31.1 Å². The third-order valence-corrected chi connectivity index (χ3v) is 11.4. The number of nitrogens with zero attached hydrogens (tertiary/aromatic N) is 4. The number of aliphatic hydroxyl groups is 2. The standard InChI is InChI=1S/C26H40N7O20P3S/c1-26(2,20(39)23(40)29-6-5-15(35)28-7-8-57-25(41)13(34)3-4-16(36)37)10-50-56(47,48)53-55(45,46)49-9-14-19(52-54(42,43)44)18(38)24(51-14)33-12-32-17-21(27)30-11-31-22(17)33/h11-12,14,18-20,24,38-39H,3-10H2,1-2H3,(H,28,35)(H,29,40)(H,36,37)(H,45,46)(H,47,48)(H2,27,30,31)(H2,42,43,44)/p-5/t14-,18-,19-,20?,24-/m1/s1. The number of thioether (sulfide) groups is 1. The number of Topliss-reactive ketones (excluding diaryl/α,β-unsaturated/α-hetero) is 1. The van der Waals surface area contributed by atoms with Crippen LogP contribution in [0.15, 0.2) is 12.7 Å². The number of hydrogen-bond acceptors (Lipinski definition) is 25. The van der Waals surface area contributed by atoms with E-state index in [0.29, 0.717) is 11.8 Å². The van der Waals surface area contributed by atoms with Gasteiger partial charge in [-0.1, -0.05) is 25.6 Å². The Morgan fingerprint density at radius 3 is 2.33 bits per heavy atom. The Kier molecular flexibility index (Phi) is 17.0. The predicted molar refractivity (Wildman–Crippen MR) is 177 cm³/mol. The van der Waals surface area contributed by atoms with E-state index in [9.17, 15) is 72.6 Å². The first kappa shape index (κ1) is 48.1. The van der Waals surface area contributed by atoms with Gasteiger partial charge in [0.05, 0.1) is 27.4 Å². The molecule has 0 aliphatic carbocycles. The van der Waals surface area contributed by atoms with Crippen molar-refractivity contribution in [1.82, 2.24) is 30.2 Å². The van der Waals surface area contributed by atoms with Gasteiger partial charge in [0.1, 0.15) is 36.3 Å². The van der Waals surface area contributed by atoms with E-state index in [4.69, 9.17) is 10.5 Å². The number of nitrogen functional groups attached to an aromatic ring is 1. The maximum atomic E-state index is 12.5. The molecule has 3 heterocycles. The van der Waals surface area contributed by atoms with E-state index in [1.165, 1.54) is 0 Å². The largest absolute Gasteiger partial charge is 0.790 e. The molecule has 1 saturated heterocycles. The van der Waals surface area contributed by atoms with Crippen LogP contribution in [0.25, 0.3) is 11.2 Å². The van der Waals surface area contributed by atoms with Gasteiger partial charge in [0.25, 0.3) is 20.8 Å². The average molecular weight is 891 g/mol. The molecule has 2 aromatic rings. The van der Waals surface area contributed by atoms with Crippen molar-refractivity contribution < 1.29 is 95.2 Å². The highest BCUT2D eigenvalue weighted by Crippen LogP contribution is 2.56. The number of carboxylic acids is 1. The van der Waals surface area contributed by atoms with Gasteiger partial charge in [0, 0.05) is 43.1 Å². The van der Waals surface area contributed by atoms with Gasteiger partial charge in [-0.3, -0.25) is 32.9 Å². The van der Waals surface area contributed by atoms with Gasteiger partial charge >= 0.3 is 0 Å². The summed E-state index contributed by atoms with van der Waals surface area (Å²) in [6.45, 7) is -0.457. The molecule has 320 valence electrons. The smallest absolute Gasteiger partial charge is 0.274 e. The number of carbonyl (C=O) groups excluding carboxylic acids is 5. The number of hydrogen-bond donors (Lipinski definition) is 5. The van der Waals surface area contributed by atoms with E-state index in [1.54, 1.807) is 0 Å². The van der Waals surface area contributed by atoms with Crippen LogP contribution in [-0.2, 0) is 60.3 Å². The number of carbonyl (C=O) groups is 5. The zero-order valence-corrected chi connectivity index (χ0v) is 33.1. The van der Waals surface area contributed by atoms with Gasteiger partial charge in [-0.2, -0.15) is 0 Å². The first-order valence-corrected chi connectivity index (χ1v) is 21.4. The van der Waals surface area contributed by atoms with Crippen molar-refractivity contribution in [2.24, 2.45) is 5.41 Å². The number of ketones is 1. The zero-order chi connectivity index (χ0) is 42.9. The molecule has 57 heavy (non-hydrogen) atoms. The number of aromatic nitrogens is 4. The molecule has 1 fully saturated rings. The average Bonchev–Trinajstić information content (AvgIpc) is 3.66. The number of ether oxygens (including phenoxy) is 1. The summed E-state index contributed by atoms with van der Waals surface area (Å²) < 4.78 is 60.3. The topological polar surface area (TPSA) is 432 Å². The fraction of sp³-hybridized carbons (Fsp3) is 0.615. The maximum absolute atomic E-state index is 12.5. The minimum absolute atomic E-state index is 0.0237. The zero-order valence-electron chi connectivity index (χ0n) is 29.6. The third kappa shape index (κ3) is 14.8. The van der Waals surface area contributed by atoms with Gasteiger partial charge in [0.2, 0.25) is 17.6 Å². The van der Waals surface area contributed by atoms with E-state index in [2.05, 4.69) is 43.5 Å². The maximum Gasteiger partial charge on any atom is 0.274 e. The van der Waals surface area contributed by atoms with E-state index < -0.39 is 114 Å². The first-order chi connectivity index (χ1) is 26.3. The van der Waals surface area contributed by atoms with Crippen molar-refractivity contribution in [2.75, 3.05) is 37.8 Å². The fourth-order valence-electron chi connectivity index (χ4n) is 4.65. The number of imidazole rings is 1. The number of nitrogens with one attached hydrogen (secondary N) is 2. The van der Waals surface area contributed by atoms with Crippen molar-refractivity contribution >= 4 is 80.9 Å². The van der Waals surface area contributed by atoms with Crippen molar-refractivity contribution in [1.29, 1.82) is 0 Å². The molecule has 31 heteroatoms. The Morgan fingerprint density at radius 2 is 1.68 bits per heavy atom.